The Morgan fingerprint density at radius 2 is 1.59 bits per heavy atom. The van der Waals surface area contributed by atoms with E-state index in [1.807, 2.05) is 36.4 Å². The van der Waals surface area contributed by atoms with Gasteiger partial charge in [-0.3, -0.25) is 5.32 Å². The summed E-state index contributed by atoms with van der Waals surface area (Å²) in [7, 11) is 0. The van der Waals surface area contributed by atoms with Gasteiger partial charge < -0.3 is 10.6 Å². The molecule has 6 nitrogen and oxygen atoms in total. The molecule has 0 spiro atoms. The molecular formula is C16H19N5O. The molecule has 2 amide bonds. The molecule has 1 aliphatic carbocycles. The van der Waals surface area contributed by atoms with E-state index in [1.165, 1.54) is 25.7 Å². The van der Waals surface area contributed by atoms with E-state index < -0.39 is 0 Å². The molecule has 1 fully saturated rings. The van der Waals surface area contributed by atoms with Crippen molar-refractivity contribution in [3.63, 3.8) is 0 Å². The van der Waals surface area contributed by atoms with Gasteiger partial charge in [0.15, 0.2) is 5.82 Å². The van der Waals surface area contributed by atoms with Crippen molar-refractivity contribution < 1.29 is 4.79 Å². The van der Waals surface area contributed by atoms with Crippen LogP contribution in [0.15, 0.2) is 42.5 Å². The van der Waals surface area contributed by atoms with Crippen LogP contribution in [0, 0.1) is 0 Å². The number of anilines is 3. The summed E-state index contributed by atoms with van der Waals surface area (Å²) in [5.74, 6) is 1.17. The SMILES string of the molecule is O=C(Nc1ccccc1)Nc1ccc(NC2CCCC2)nn1. The van der Waals surface area contributed by atoms with E-state index in [9.17, 15) is 4.79 Å². The molecule has 3 rings (SSSR count). The molecular weight excluding hydrogens is 278 g/mol. The summed E-state index contributed by atoms with van der Waals surface area (Å²) in [5, 5.41) is 16.9. The number of nitrogens with one attached hydrogen (secondary N) is 3. The Morgan fingerprint density at radius 1 is 0.909 bits per heavy atom. The highest BCUT2D eigenvalue weighted by Gasteiger charge is 2.15. The lowest BCUT2D eigenvalue weighted by Gasteiger charge is -2.12. The summed E-state index contributed by atoms with van der Waals surface area (Å²) in [4.78, 5) is 11.8. The first-order valence-corrected chi connectivity index (χ1v) is 7.53. The van der Waals surface area contributed by atoms with Crippen molar-refractivity contribution in [1.29, 1.82) is 0 Å². The van der Waals surface area contributed by atoms with Crippen LogP contribution in [-0.4, -0.2) is 22.3 Å². The van der Waals surface area contributed by atoms with Crippen LogP contribution in [0.5, 0.6) is 0 Å². The minimum absolute atomic E-state index is 0.336. The minimum Gasteiger partial charge on any atom is -0.366 e. The Morgan fingerprint density at radius 3 is 2.27 bits per heavy atom. The number of nitrogens with zero attached hydrogens (tertiary/aromatic N) is 2. The predicted octanol–water partition coefficient (Wildman–Crippen LogP) is 3.48. The van der Waals surface area contributed by atoms with E-state index in [0.29, 0.717) is 11.9 Å². The Bertz CT molecular complexity index is 608. The summed E-state index contributed by atoms with van der Waals surface area (Å²) >= 11 is 0. The molecule has 0 saturated heterocycles. The van der Waals surface area contributed by atoms with Gasteiger partial charge >= 0.3 is 6.03 Å². The van der Waals surface area contributed by atoms with E-state index in [4.69, 9.17) is 0 Å². The largest absolute Gasteiger partial charge is 0.366 e. The first-order valence-electron chi connectivity index (χ1n) is 7.53. The van der Waals surface area contributed by atoms with Crippen LogP contribution < -0.4 is 16.0 Å². The van der Waals surface area contributed by atoms with Gasteiger partial charge in [-0.2, -0.15) is 0 Å². The Hall–Kier alpha value is -2.63. The monoisotopic (exact) mass is 297 g/mol. The number of benzene rings is 1. The summed E-state index contributed by atoms with van der Waals surface area (Å²) in [6.45, 7) is 0. The number of carbonyl (C=O) groups is 1. The van der Waals surface area contributed by atoms with Gasteiger partial charge in [-0.25, -0.2) is 4.79 Å². The predicted molar refractivity (Wildman–Crippen MR) is 87.0 cm³/mol. The smallest absolute Gasteiger partial charge is 0.324 e. The van der Waals surface area contributed by atoms with Crippen LogP contribution >= 0.6 is 0 Å². The summed E-state index contributed by atoms with van der Waals surface area (Å²) in [5.41, 5.74) is 0.729. The molecule has 22 heavy (non-hydrogen) atoms. The van der Waals surface area contributed by atoms with Crippen LogP contribution in [0.25, 0.3) is 0 Å². The number of rotatable bonds is 4. The topological polar surface area (TPSA) is 78.9 Å². The molecule has 0 atom stereocenters. The molecule has 6 heteroatoms. The first-order chi connectivity index (χ1) is 10.8. The Kier molecular flexibility index (Phi) is 4.48. The zero-order valence-electron chi connectivity index (χ0n) is 12.2. The van der Waals surface area contributed by atoms with Crippen LogP contribution in [0.3, 0.4) is 0 Å². The number of para-hydroxylation sites is 1. The molecule has 1 aromatic carbocycles. The van der Waals surface area contributed by atoms with Crippen molar-refractivity contribution in [3.05, 3.63) is 42.5 Å². The number of hydrogen-bond acceptors (Lipinski definition) is 4. The average molecular weight is 297 g/mol. The fourth-order valence-electron chi connectivity index (χ4n) is 2.56. The number of hydrogen-bond donors (Lipinski definition) is 3. The van der Waals surface area contributed by atoms with E-state index in [2.05, 4.69) is 26.1 Å². The molecule has 0 radical (unpaired) electrons. The molecule has 2 aromatic rings. The highest BCUT2D eigenvalue weighted by Crippen LogP contribution is 2.21. The summed E-state index contributed by atoms with van der Waals surface area (Å²) in [6, 6.07) is 13.0. The lowest BCUT2D eigenvalue weighted by molar-refractivity contribution is 0.262. The van der Waals surface area contributed by atoms with E-state index in [1.54, 1.807) is 6.07 Å². The standard InChI is InChI=1S/C16H19N5O/c22-16(18-13-6-2-1-3-7-13)19-15-11-10-14(20-21-15)17-12-8-4-5-9-12/h1-3,6-7,10-12H,4-5,8-9H2,(H,17,20)(H2,18,19,21,22). The first kappa shape index (κ1) is 14.3. The average Bonchev–Trinajstić information content (AvgIpc) is 3.03. The molecule has 0 unspecified atom stereocenters. The normalized spacial score (nSPS) is 14.5. The van der Waals surface area contributed by atoms with Gasteiger partial charge in [0.1, 0.15) is 5.82 Å². The lowest BCUT2D eigenvalue weighted by atomic mass is 10.2. The van der Waals surface area contributed by atoms with Crippen LogP contribution in [0.4, 0.5) is 22.1 Å². The van der Waals surface area contributed by atoms with E-state index >= 15 is 0 Å². The second kappa shape index (κ2) is 6.89. The maximum atomic E-state index is 11.8. The highest BCUT2D eigenvalue weighted by atomic mass is 16.2. The molecule has 0 aliphatic heterocycles. The van der Waals surface area contributed by atoms with Crippen LogP contribution in [0.1, 0.15) is 25.7 Å². The van der Waals surface area contributed by atoms with Crippen molar-refractivity contribution in [3.8, 4) is 0 Å². The van der Waals surface area contributed by atoms with Crippen LogP contribution in [-0.2, 0) is 0 Å². The maximum Gasteiger partial charge on any atom is 0.324 e. The minimum atomic E-state index is -0.336. The van der Waals surface area contributed by atoms with Gasteiger partial charge in [0.25, 0.3) is 0 Å². The Balaban J connectivity index is 1.53. The van der Waals surface area contributed by atoms with Crippen molar-refractivity contribution >= 4 is 23.4 Å². The van der Waals surface area contributed by atoms with Gasteiger partial charge in [0.05, 0.1) is 0 Å². The van der Waals surface area contributed by atoms with Gasteiger partial charge in [-0.05, 0) is 37.1 Å². The van der Waals surface area contributed by atoms with Gasteiger partial charge in [0, 0.05) is 11.7 Å². The second-order valence-electron chi connectivity index (χ2n) is 5.37. The van der Waals surface area contributed by atoms with Gasteiger partial charge in [-0.15, -0.1) is 10.2 Å². The number of carbonyl (C=O) groups excluding carboxylic acids is 1. The molecule has 1 aliphatic rings. The molecule has 1 aromatic heterocycles. The number of urea groups is 1. The third-order valence-electron chi connectivity index (χ3n) is 3.64. The highest BCUT2D eigenvalue weighted by molar-refractivity contribution is 5.99. The third-order valence-corrected chi connectivity index (χ3v) is 3.64. The summed E-state index contributed by atoms with van der Waals surface area (Å²) in [6.07, 6.45) is 4.90. The lowest BCUT2D eigenvalue weighted by Crippen LogP contribution is -2.21. The zero-order valence-corrected chi connectivity index (χ0v) is 12.2. The van der Waals surface area contributed by atoms with Crippen molar-refractivity contribution in [2.45, 2.75) is 31.7 Å². The van der Waals surface area contributed by atoms with Gasteiger partial charge in [0.2, 0.25) is 0 Å². The van der Waals surface area contributed by atoms with E-state index in [0.717, 1.165) is 11.5 Å². The fraction of sp³-hybridized carbons (Fsp3) is 0.312. The van der Waals surface area contributed by atoms with Crippen molar-refractivity contribution in [2.75, 3.05) is 16.0 Å². The summed E-state index contributed by atoms with van der Waals surface area (Å²) < 4.78 is 0. The number of aromatic nitrogens is 2. The molecule has 1 heterocycles. The van der Waals surface area contributed by atoms with Crippen molar-refractivity contribution in [1.82, 2.24) is 10.2 Å². The van der Waals surface area contributed by atoms with Crippen LogP contribution in [0.2, 0.25) is 0 Å². The van der Waals surface area contributed by atoms with Gasteiger partial charge in [-0.1, -0.05) is 31.0 Å². The molecule has 0 bridgehead atoms. The zero-order chi connectivity index (χ0) is 15.2. The second-order valence-corrected chi connectivity index (χ2v) is 5.37. The fourth-order valence-corrected chi connectivity index (χ4v) is 2.56. The third kappa shape index (κ3) is 3.94. The van der Waals surface area contributed by atoms with Crippen molar-refractivity contribution in [2.24, 2.45) is 0 Å². The molecule has 114 valence electrons. The molecule has 3 N–H and O–H groups in total. The molecule has 1 saturated carbocycles. The Labute approximate surface area is 129 Å². The maximum absolute atomic E-state index is 11.8. The number of amides is 2. The van der Waals surface area contributed by atoms with E-state index in [-0.39, 0.29) is 6.03 Å². The quantitative estimate of drug-likeness (QED) is 0.807.